The van der Waals surface area contributed by atoms with Crippen LogP contribution in [0.5, 0.6) is 0 Å². The Balaban J connectivity index is 2.13. The van der Waals surface area contributed by atoms with E-state index in [9.17, 15) is 5.11 Å². The van der Waals surface area contributed by atoms with Crippen molar-refractivity contribution in [3.05, 3.63) is 0 Å². The fraction of sp³-hybridized carbons (Fsp3) is 1.00. The summed E-state index contributed by atoms with van der Waals surface area (Å²) in [5, 5.41) is 9.86. The van der Waals surface area contributed by atoms with E-state index in [1.807, 2.05) is 6.92 Å². The molecule has 3 N–H and O–H groups in total. The van der Waals surface area contributed by atoms with E-state index in [-0.39, 0.29) is 0 Å². The predicted molar refractivity (Wildman–Crippen MR) is 82.2 cm³/mol. The predicted octanol–water partition coefficient (Wildman–Crippen LogP) is 2.77. The standard InChI is InChI=1S/C16H34N2O/c1-3-7-15-8-6-12-18(13-9-15)11-5-4-10-16(2,19)14-17/h15,19H,3-14,17H2,1-2H3. The van der Waals surface area contributed by atoms with E-state index < -0.39 is 5.60 Å². The second-order valence-corrected chi connectivity index (χ2v) is 6.59. The highest BCUT2D eigenvalue weighted by Crippen LogP contribution is 2.22. The fourth-order valence-electron chi connectivity index (χ4n) is 3.09. The summed E-state index contributed by atoms with van der Waals surface area (Å²) in [6.07, 6.45) is 10.0. The number of hydrogen-bond donors (Lipinski definition) is 2. The van der Waals surface area contributed by atoms with E-state index in [1.54, 1.807) is 0 Å². The quantitative estimate of drug-likeness (QED) is 0.667. The van der Waals surface area contributed by atoms with Gasteiger partial charge in [0, 0.05) is 6.54 Å². The van der Waals surface area contributed by atoms with Crippen LogP contribution in [0.15, 0.2) is 0 Å². The van der Waals surface area contributed by atoms with E-state index in [0.717, 1.165) is 18.8 Å². The van der Waals surface area contributed by atoms with Crippen LogP contribution in [-0.2, 0) is 0 Å². The lowest BCUT2D eigenvalue weighted by Gasteiger charge is -2.23. The molecular weight excluding hydrogens is 236 g/mol. The van der Waals surface area contributed by atoms with Crippen LogP contribution in [0, 0.1) is 5.92 Å². The van der Waals surface area contributed by atoms with Crippen molar-refractivity contribution in [1.82, 2.24) is 4.90 Å². The van der Waals surface area contributed by atoms with Crippen LogP contribution in [0.4, 0.5) is 0 Å². The van der Waals surface area contributed by atoms with E-state index in [2.05, 4.69) is 11.8 Å². The Bertz CT molecular complexity index is 231. The molecule has 0 bridgehead atoms. The Morgan fingerprint density at radius 2 is 2.05 bits per heavy atom. The average molecular weight is 270 g/mol. The Hall–Kier alpha value is -0.120. The summed E-state index contributed by atoms with van der Waals surface area (Å²) in [6, 6.07) is 0. The van der Waals surface area contributed by atoms with Crippen molar-refractivity contribution in [2.24, 2.45) is 11.7 Å². The van der Waals surface area contributed by atoms with Crippen LogP contribution in [0.2, 0.25) is 0 Å². The van der Waals surface area contributed by atoms with Gasteiger partial charge in [0.1, 0.15) is 0 Å². The lowest BCUT2D eigenvalue weighted by Crippen LogP contribution is -2.34. The van der Waals surface area contributed by atoms with Crippen molar-refractivity contribution >= 4 is 0 Å². The molecule has 0 saturated carbocycles. The monoisotopic (exact) mass is 270 g/mol. The van der Waals surface area contributed by atoms with Gasteiger partial charge in [0.05, 0.1) is 5.60 Å². The van der Waals surface area contributed by atoms with Gasteiger partial charge in [-0.2, -0.15) is 0 Å². The van der Waals surface area contributed by atoms with Gasteiger partial charge < -0.3 is 15.7 Å². The minimum atomic E-state index is -0.662. The first-order valence-electron chi connectivity index (χ1n) is 8.22. The van der Waals surface area contributed by atoms with Crippen LogP contribution in [0.1, 0.15) is 65.2 Å². The molecule has 1 heterocycles. The van der Waals surface area contributed by atoms with E-state index in [4.69, 9.17) is 5.73 Å². The number of nitrogens with two attached hydrogens (primary N) is 1. The molecule has 1 fully saturated rings. The normalized spacial score (nSPS) is 24.9. The van der Waals surface area contributed by atoms with Gasteiger partial charge >= 0.3 is 0 Å². The molecule has 19 heavy (non-hydrogen) atoms. The zero-order valence-electron chi connectivity index (χ0n) is 13.0. The zero-order valence-corrected chi connectivity index (χ0v) is 13.0. The van der Waals surface area contributed by atoms with Crippen molar-refractivity contribution in [2.75, 3.05) is 26.2 Å². The first-order valence-corrected chi connectivity index (χ1v) is 8.22. The molecule has 3 heteroatoms. The van der Waals surface area contributed by atoms with E-state index in [0.29, 0.717) is 6.54 Å². The lowest BCUT2D eigenvalue weighted by atomic mass is 9.96. The summed E-state index contributed by atoms with van der Waals surface area (Å²) < 4.78 is 0. The third-order valence-corrected chi connectivity index (χ3v) is 4.52. The minimum Gasteiger partial charge on any atom is -0.389 e. The number of unbranched alkanes of at least 4 members (excludes halogenated alkanes) is 1. The summed E-state index contributed by atoms with van der Waals surface area (Å²) in [7, 11) is 0. The summed E-state index contributed by atoms with van der Waals surface area (Å²) >= 11 is 0. The van der Waals surface area contributed by atoms with Crippen molar-refractivity contribution in [1.29, 1.82) is 0 Å². The number of rotatable bonds is 8. The Labute approximate surface area is 119 Å². The first kappa shape index (κ1) is 16.9. The molecule has 0 spiro atoms. The van der Waals surface area contributed by atoms with Crippen LogP contribution in [0.25, 0.3) is 0 Å². The largest absolute Gasteiger partial charge is 0.389 e. The van der Waals surface area contributed by atoms with Gasteiger partial charge in [-0.05, 0) is 71.0 Å². The van der Waals surface area contributed by atoms with Crippen LogP contribution in [-0.4, -0.2) is 41.8 Å². The molecule has 0 radical (unpaired) electrons. The molecule has 1 aliphatic heterocycles. The van der Waals surface area contributed by atoms with Gasteiger partial charge in [0.15, 0.2) is 0 Å². The summed E-state index contributed by atoms with van der Waals surface area (Å²) in [5.74, 6) is 0.966. The van der Waals surface area contributed by atoms with Crippen molar-refractivity contribution in [3.8, 4) is 0 Å². The number of aliphatic hydroxyl groups is 1. The average Bonchev–Trinajstić information content (AvgIpc) is 2.61. The fourth-order valence-corrected chi connectivity index (χ4v) is 3.09. The maximum atomic E-state index is 9.86. The molecule has 2 atom stereocenters. The number of hydrogen-bond acceptors (Lipinski definition) is 3. The molecule has 1 saturated heterocycles. The third kappa shape index (κ3) is 7.28. The third-order valence-electron chi connectivity index (χ3n) is 4.52. The molecule has 1 rings (SSSR count). The Morgan fingerprint density at radius 3 is 2.74 bits per heavy atom. The lowest BCUT2D eigenvalue weighted by molar-refractivity contribution is 0.0564. The first-order chi connectivity index (χ1) is 9.07. The van der Waals surface area contributed by atoms with E-state index >= 15 is 0 Å². The van der Waals surface area contributed by atoms with Gasteiger partial charge in [-0.25, -0.2) is 0 Å². The SMILES string of the molecule is CCCC1CCCN(CCCCC(C)(O)CN)CC1. The van der Waals surface area contributed by atoms with Crippen molar-refractivity contribution < 1.29 is 5.11 Å². The molecule has 0 aromatic rings. The zero-order chi connectivity index (χ0) is 14.1. The van der Waals surface area contributed by atoms with Crippen LogP contribution in [0.3, 0.4) is 0 Å². The van der Waals surface area contributed by atoms with Gasteiger partial charge in [-0.3, -0.25) is 0 Å². The highest BCUT2D eigenvalue weighted by Gasteiger charge is 2.18. The second kappa shape index (κ2) is 8.93. The number of likely N-dealkylation sites (tertiary alicyclic amines) is 1. The Morgan fingerprint density at radius 1 is 1.26 bits per heavy atom. The van der Waals surface area contributed by atoms with Gasteiger partial charge in [-0.15, -0.1) is 0 Å². The maximum Gasteiger partial charge on any atom is 0.0741 e. The van der Waals surface area contributed by atoms with Crippen molar-refractivity contribution in [2.45, 2.75) is 70.8 Å². The van der Waals surface area contributed by atoms with E-state index in [1.165, 1.54) is 58.2 Å². The summed E-state index contributed by atoms with van der Waals surface area (Å²) in [4.78, 5) is 2.62. The molecule has 0 aromatic heterocycles. The summed E-state index contributed by atoms with van der Waals surface area (Å²) in [6.45, 7) is 8.25. The minimum absolute atomic E-state index is 0.370. The molecule has 3 nitrogen and oxygen atoms in total. The highest BCUT2D eigenvalue weighted by molar-refractivity contribution is 4.74. The van der Waals surface area contributed by atoms with Gasteiger partial charge in [0.25, 0.3) is 0 Å². The Kier molecular flexibility index (Phi) is 7.96. The maximum absolute atomic E-state index is 9.86. The molecule has 114 valence electrons. The molecule has 0 aromatic carbocycles. The second-order valence-electron chi connectivity index (χ2n) is 6.59. The molecule has 1 aliphatic rings. The number of nitrogens with zero attached hydrogens (tertiary/aromatic N) is 1. The van der Waals surface area contributed by atoms with Crippen LogP contribution >= 0.6 is 0 Å². The molecule has 0 aliphatic carbocycles. The smallest absolute Gasteiger partial charge is 0.0741 e. The molecular formula is C16H34N2O. The van der Waals surface area contributed by atoms with Gasteiger partial charge in [0.2, 0.25) is 0 Å². The molecule has 2 unspecified atom stereocenters. The highest BCUT2D eigenvalue weighted by atomic mass is 16.3. The molecule has 0 amide bonds. The van der Waals surface area contributed by atoms with Gasteiger partial charge in [-0.1, -0.05) is 19.8 Å². The van der Waals surface area contributed by atoms with Crippen LogP contribution < -0.4 is 5.73 Å². The summed E-state index contributed by atoms with van der Waals surface area (Å²) in [5.41, 5.74) is 4.87. The topological polar surface area (TPSA) is 49.5 Å². The van der Waals surface area contributed by atoms with Crippen molar-refractivity contribution in [3.63, 3.8) is 0 Å².